The Morgan fingerprint density at radius 3 is 2.75 bits per heavy atom. The monoisotopic (exact) mass is 276 g/mol. The van der Waals surface area contributed by atoms with Crippen LogP contribution < -0.4 is 10.1 Å². The molecule has 20 heavy (non-hydrogen) atoms. The molecule has 0 saturated heterocycles. The van der Waals surface area contributed by atoms with Crippen molar-refractivity contribution < 1.29 is 24.5 Å². The quantitative estimate of drug-likeness (QED) is 0.760. The Balaban J connectivity index is 2.37. The van der Waals surface area contributed by atoms with E-state index in [0.717, 1.165) is 0 Å². The molecule has 0 aliphatic rings. The molecule has 0 unspecified atom stereocenters. The predicted octanol–water partition coefficient (Wildman–Crippen LogP) is 0.763. The predicted molar refractivity (Wildman–Crippen MR) is 69.9 cm³/mol. The number of fused-ring (bicyclic) bond motifs is 1. The van der Waals surface area contributed by atoms with Gasteiger partial charge in [-0.2, -0.15) is 0 Å². The summed E-state index contributed by atoms with van der Waals surface area (Å²) in [5.41, 5.74) is 0.271. The van der Waals surface area contributed by atoms with Gasteiger partial charge in [-0.15, -0.1) is 0 Å². The van der Waals surface area contributed by atoms with Crippen molar-refractivity contribution in [2.75, 3.05) is 13.7 Å². The second-order valence-electron chi connectivity index (χ2n) is 3.99. The Hall–Kier alpha value is -2.83. The van der Waals surface area contributed by atoms with Crippen LogP contribution in [0.5, 0.6) is 11.5 Å². The van der Waals surface area contributed by atoms with E-state index in [-0.39, 0.29) is 11.4 Å². The lowest BCUT2D eigenvalue weighted by molar-refractivity contribution is -0.135. The molecule has 104 valence electrons. The number of nitrogens with one attached hydrogen (secondary N) is 1. The molecule has 0 fully saturated rings. The first-order valence-electron chi connectivity index (χ1n) is 5.69. The minimum absolute atomic E-state index is 0.219. The number of carboxylic acids is 1. The summed E-state index contributed by atoms with van der Waals surface area (Å²) in [5.74, 6) is -1.65. The molecule has 2 aromatic rings. The lowest BCUT2D eigenvalue weighted by Crippen LogP contribution is -2.29. The van der Waals surface area contributed by atoms with Crippen molar-refractivity contribution in [1.29, 1.82) is 0 Å². The Bertz CT molecular complexity index is 684. The van der Waals surface area contributed by atoms with Gasteiger partial charge in [-0.3, -0.25) is 9.59 Å². The summed E-state index contributed by atoms with van der Waals surface area (Å²) in [6.45, 7) is -0.541. The first-order chi connectivity index (χ1) is 9.51. The van der Waals surface area contributed by atoms with Gasteiger partial charge in [0.25, 0.3) is 5.91 Å². The Morgan fingerprint density at radius 1 is 1.35 bits per heavy atom. The molecule has 2 rings (SSSR count). The van der Waals surface area contributed by atoms with E-state index in [0.29, 0.717) is 16.7 Å². The van der Waals surface area contributed by atoms with Crippen LogP contribution in [0.3, 0.4) is 0 Å². The zero-order chi connectivity index (χ0) is 14.7. The van der Waals surface area contributed by atoms with Crippen LogP contribution in [0.4, 0.5) is 0 Å². The highest BCUT2D eigenvalue weighted by Crippen LogP contribution is 2.25. The van der Waals surface area contributed by atoms with Gasteiger partial charge in [-0.1, -0.05) is 0 Å². The van der Waals surface area contributed by atoms with Crippen LogP contribution in [0.2, 0.25) is 0 Å². The van der Waals surface area contributed by atoms with Gasteiger partial charge in [0.05, 0.1) is 12.6 Å². The summed E-state index contributed by atoms with van der Waals surface area (Å²) in [6, 6.07) is 6.36. The number of hydrogen-bond acceptors (Lipinski definition) is 5. The van der Waals surface area contributed by atoms with E-state index in [2.05, 4.69) is 10.3 Å². The molecule has 1 aromatic carbocycles. The van der Waals surface area contributed by atoms with E-state index >= 15 is 0 Å². The number of pyridine rings is 1. The van der Waals surface area contributed by atoms with E-state index in [1.807, 2.05) is 0 Å². The fraction of sp³-hybridized carbons (Fsp3) is 0.154. The summed E-state index contributed by atoms with van der Waals surface area (Å²) in [5, 5.41) is 21.0. The lowest BCUT2D eigenvalue weighted by atomic mass is 10.1. The van der Waals surface area contributed by atoms with Crippen LogP contribution >= 0.6 is 0 Å². The third-order valence-corrected chi connectivity index (χ3v) is 2.62. The van der Waals surface area contributed by atoms with Gasteiger partial charge in [0, 0.05) is 5.39 Å². The molecule has 0 atom stereocenters. The van der Waals surface area contributed by atoms with Crippen molar-refractivity contribution >= 4 is 22.8 Å². The van der Waals surface area contributed by atoms with Crippen LogP contribution in [0.15, 0.2) is 24.3 Å². The number of methoxy groups -OCH3 is 1. The van der Waals surface area contributed by atoms with E-state index in [4.69, 9.17) is 9.84 Å². The third kappa shape index (κ3) is 2.77. The second kappa shape index (κ2) is 5.43. The van der Waals surface area contributed by atoms with Crippen molar-refractivity contribution in [1.82, 2.24) is 10.3 Å². The molecule has 0 aliphatic heterocycles. The number of carboxylic acid groups (broad SMARTS) is 1. The van der Waals surface area contributed by atoms with Gasteiger partial charge >= 0.3 is 5.97 Å². The molecule has 1 heterocycles. The van der Waals surface area contributed by atoms with E-state index in [1.54, 1.807) is 18.2 Å². The number of rotatable bonds is 4. The highest BCUT2D eigenvalue weighted by atomic mass is 16.5. The number of carbonyl (C=O) groups excluding carboxylic acids is 1. The van der Waals surface area contributed by atoms with Crippen LogP contribution in [0.25, 0.3) is 10.9 Å². The zero-order valence-corrected chi connectivity index (χ0v) is 10.6. The van der Waals surface area contributed by atoms with Crippen LogP contribution in [0.1, 0.15) is 10.5 Å². The standard InChI is InChI=1S/C13H12N2O5/c1-20-8-2-3-9-7(4-8)5-10(16)12(15-9)13(19)14-6-11(17)18/h2-5,16H,6H2,1H3,(H,14,19)(H,17,18). The minimum atomic E-state index is -1.18. The zero-order valence-electron chi connectivity index (χ0n) is 10.6. The van der Waals surface area contributed by atoms with Crippen LogP contribution in [0, 0.1) is 0 Å². The summed E-state index contributed by atoms with van der Waals surface area (Å²) >= 11 is 0. The third-order valence-electron chi connectivity index (χ3n) is 2.62. The lowest BCUT2D eigenvalue weighted by Gasteiger charge is -2.07. The maximum Gasteiger partial charge on any atom is 0.322 e. The number of aromatic nitrogens is 1. The number of benzene rings is 1. The van der Waals surface area contributed by atoms with Crippen molar-refractivity contribution in [3.63, 3.8) is 0 Å². The molecular weight excluding hydrogens is 264 g/mol. The molecule has 1 aromatic heterocycles. The molecule has 0 aliphatic carbocycles. The van der Waals surface area contributed by atoms with Crippen molar-refractivity contribution in [2.24, 2.45) is 0 Å². The van der Waals surface area contributed by atoms with Gasteiger partial charge in [-0.25, -0.2) is 4.98 Å². The molecule has 1 amide bonds. The van der Waals surface area contributed by atoms with Gasteiger partial charge in [0.15, 0.2) is 5.69 Å². The second-order valence-corrected chi connectivity index (χ2v) is 3.99. The van der Waals surface area contributed by atoms with Crippen LogP contribution in [-0.2, 0) is 4.79 Å². The van der Waals surface area contributed by atoms with E-state index in [9.17, 15) is 14.7 Å². The van der Waals surface area contributed by atoms with Gasteiger partial charge in [0.1, 0.15) is 18.0 Å². The topological polar surface area (TPSA) is 109 Å². The molecule has 0 radical (unpaired) electrons. The van der Waals surface area contributed by atoms with Gasteiger partial charge in [-0.05, 0) is 24.3 Å². The first kappa shape index (κ1) is 13.6. The summed E-state index contributed by atoms with van der Waals surface area (Å²) in [6.07, 6.45) is 0. The van der Waals surface area contributed by atoms with Gasteiger partial charge < -0.3 is 20.3 Å². The molecule has 0 saturated carbocycles. The van der Waals surface area contributed by atoms with Crippen molar-refractivity contribution in [3.05, 3.63) is 30.0 Å². The normalized spacial score (nSPS) is 10.2. The molecule has 3 N–H and O–H groups in total. The first-order valence-corrected chi connectivity index (χ1v) is 5.69. The molecule has 7 nitrogen and oxygen atoms in total. The number of amides is 1. The average molecular weight is 276 g/mol. The largest absolute Gasteiger partial charge is 0.505 e. The highest BCUT2D eigenvalue weighted by Gasteiger charge is 2.15. The SMILES string of the molecule is COc1ccc2nc(C(=O)NCC(=O)O)c(O)cc2c1. The van der Waals surface area contributed by atoms with E-state index in [1.165, 1.54) is 13.2 Å². The van der Waals surface area contributed by atoms with Crippen molar-refractivity contribution in [2.45, 2.75) is 0 Å². The number of hydrogen-bond donors (Lipinski definition) is 3. The maximum atomic E-state index is 11.7. The number of aliphatic carboxylic acids is 1. The number of nitrogens with zero attached hydrogens (tertiary/aromatic N) is 1. The van der Waals surface area contributed by atoms with Gasteiger partial charge in [0.2, 0.25) is 0 Å². The van der Waals surface area contributed by atoms with Crippen LogP contribution in [-0.4, -0.2) is 40.7 Å². The number of aromatic hydroxyl groups is 1. The fourth-order valence-corrected chi connectivity index (χ4v) is 1.68. The Morgan fingerprint density at radius 2 is 2.10 bits per heavy atom. The molecule has 0 spiro atoms. The highest BCUT2D eigenvalue weighted by molar-refractivity contribution is 5.99. The molecule has 0 bridgehead atoms. The maximum absolute atomic E-state index is 11.7. The van der Waals surface area contributed by atoms with Crippen molar-refractivity contribution in [3.8, 4) is 11.5 Å². The number of ether oxygens (including phenoxy) is 1. The minimum Gasteiger partial charge on any atom is -0.505 e. The molecular formula is C13H12N2O5. The smallest absolute Gasteiger partial charge is 0.322 e. The summed E-state index contributed by atoms with van der Waals surface area (Å²) in [7, 11) is 1.52. The Labute approximate surface area is 113 Å². The average Bonchev–Trinajstić information content (AvgIpc) is 2.43. The summed E-state index contributed by atoms with van der Waals surface area (Å²) < 4.78 is 5.05. The summed E-state index contributed by atoms with van der Waals surface area (Å²) in [4.78, 5) is 26.1. The molecule has 7 heteroatoms. The fourth-order valence-electron chi connectivity index (χ4n) is 1.68. The van der Waals surface area contributed by atoms with E-state index < -0.39 is 18.4 Å². The Kier molecular flexibility index (Phi) is 3.69. The number of carbonyl (C=O) groups is 2.